The summed E-state index contributed by atoms with van der Waals surface area (Å²) in [6, 6.07) is 0. The van der Waals surface area contributed by atoms with Crippen molar-refractivity contribution in [2.75, 3.05) is 13.2 Å². The van der Waals surface area contributed by atoms with Crippen LogP contribution in [0.5, 0.6) is 0 Å². The van der Waals surface area contributed by atoms with Crippen LogP contribution in [0.25, 0.3) is 0 Å². The Kier molecular flexibility index (Phi) is 61.2. The molecular formula is C69H124O6. The maximum atomic E-state index is 12.9. The zero-order chi connectivity index (χ0) is 54.3. The van der Waals surface area contributed by atoms with Crippen LogP contribution in [0.15, 0.2) is 60.8 Å². The first-order chi connectivity index (χ1) is 37.0. The molecule has 0 saturated carbocycles. The molecule has 0 aliphatic heterocycles. The third-order valence-electron chi connectivity index (χ3n) is 14.5. The van der Waals surface area contributed by atoms with Gasteiger partial charge in [-0.25, -0.2) is 0 Å². The summed E-state index contributed by atoms with van der Waals surface area (Å²) in [5.74, 6) is -0.880. The van der Waals surface area contributed by atoms with E-state index < -0.39 is 6.10 Å². The van der Waals surface area contributed by atoms with E-state index in [1.54, 1.807) is 0 Å². The molecule has 1 atom stereocenters. The molecule has 0 aliphatic rings. The fourth-order valence-electron chi connectivity index (χ4n) is 9.49. The third-order valence-corrected chi connectivity index (χ3v) is 14.5. The van der Waals surface area contributed by atoms with Crippen LogP contribution in [-0.2, 0) is 28.6 Å². The molecule has 0 amide bonds. The lowest BCUT2D eigenvalue weighted by Crippen LogP contribution is -2.30. The third kappa shape index (κ3) is 61.8. The summed E-state index contributed by atoms with van der Waals surface area (Å²) < 4.78 is 16.9. The summed E-state index contributed by atoms with van der Waals surface area (Å²) >= 11 is 0. The SMILES string of the molecule is CCCC/C=C\CCCCCCCC(=O)OCC(COC(=O)CCCCCCCCCCCCCCCCCCC/C=C\C/C=C\CCCCCCC)OC(=O)CCCCCCCCC/C=C\C/C=C\CCCCC. The van der Waals surface area contributed by atoms with Crippen LogP contribution in [0, 0.1) is 0 Å². The lowest BCUT2D eigenvalue weighted by molar-refractivity contribution is -0.167. The number of carbonyl (C=O) groups excluding carboxylic acids is 3. The Hall–Kier alpha value is -2.89. The maximum Gasteiger partial charge on any atom is 0.306 e. The first kappa shape index (κ1) is 72.1. The average Bonchev–Trinajstić information content (AvgIpc) is 3.41. The molecule has 0 aromatic rings. The van der Waals surface area contributed by atoms with Gasteiger partial charge in [0.2, 0.25) is 0 Å². The fraction of sp³-hybridized carbons (Fsp3) is 0.812. The van der Waals surface area contributed by atoms with Gasteiger partial charge in [-0.3, -0.25) is 14.4 Å². The lowest BCUT2D eigenvalue weighted by Gasteiger charge is -2.18. The molecule has 0 bridgehead atoms. The zero-order valence-electron chi connectivity index (χ0n) is 50.1. The summed E-state index contributed by atoms with van der Waals surface area (Å²) in [6.07, 6.45) is 81.0. The Morgan fingerprint density at radius 2 is 0.493 bits per heavy atom. The Bertz CT molecular complexity index is 1340. The number of rotatable bonds is 60. The zero-order valence-corrected chi connectivity index (χ0v) is 50.1. The standard InChI is InChI=1S/C69H124O6/c1-4-7-10-13-16-19-22-24-26-28-29-30-31-32-33-34-35-36-37-38-39-41-42-44-47-50-53-56-59-62-68(71)74-65-66(64-73-67(70)61-58-55-52-49-46-21-18-15-12-9-6-3)75-69(72)63-60-57-54-51-48-45-43-40-27-25-23-20-17-14-11-8-5-2/h15,17-18,20,22,24-25,27-29,66H,4-14,16,19,21,23,26,30-65H2,1-3H3/b18-15-,20-17-,24-22-,27-25-,29-28-. The monoisotopic (exact) mass is 1050 g/mol. The van der Waals surface area contributed by atoms with Gasteiger partial charge in [0, 0.05) is 19.3 Å². The van der Waals surface area contributed by atoms with Gasteiger partial charge in [0.1, 0.15) is 13.2 Å². The van der Waals surface area contributed by atoms with Crippen LogP contribution in [0.3, 0.4) is 0 Å². The summed E-state index contributed by atoms with van der Waals surface area (Å²) in [5, 5.41) is 0. The molecule has 6 heteroatoms. The van der Waals surface area contributed by atoms with E-state index >= 15 is 0 Å². The first-order valence-corrected chi connectivity index (χ1v) is 32.8. The second kappa shape index (κ2) is 63.6. The van der Waals surface area contributed by atoms with Crippen molar-refractivity contribution < 1.29 is 28.6 Å². The highest BCUT2D eigenvalue weighted by Crippen LogP contribution is 2.17. The van der Waals surface area contributed by atoms with Crippen LogP contribution < -0.4 is 0 Å². The van der Waals surface area contributed by atoms with Gasteiger partial charge >= 0.3 is 17.9 Å². The van der Waals surface area contributed by atoms with Crippen molar-refractivity contribution >= 4 is 17.9 Å². The van der Waals surface area contributed by atoms with Crippen LogP contribution in [0.1, 0.15) is 342 Å². The number of unbranched alkanes of at least 4 members (excludes halogenated alkanes) is 39. The van der Waals surface area contributed by atoms with Gasteiger partial charge in [0.15, 0.2) is 6.10 Å². The topological polar surface area (TPSA) is 78.9 Å². The van der Waals surface area contributed by atoms with E-state index in [9.17, 15) is 14.4 Å². The van der Waals surface area contributed by atoms with Gasteiger partial charge in [-0.1, -0.05) is 281 Å². The minimum atomic E-state index is -0.781. The quantitative estimate of drug-likeness (QED) is 0.0261. The van der Waals surface area contributed by atoms with Crippen molar-refractivity contribution in [1.29, 1.82) is 0 Å². The number of carbonyl (C=O) groups is 3. The van der Waals surface area contributed by atoms with Crippen molar-refractivity contribution in [3.8, 4) is 0 Å². The number of hydrogen-bond donors (Lipinski definition) is 0. The van der Waals surface area contributed by atoms with Crippen molar-refractivity contribution in [3.63, 3.8) is 0 Å². The molecule has 0 N–H and O–H groups in total. The summed E-state index contributed by atoms with van der Waals surface area (Å²) in [4.78, 5) is 38.2. The smallest absolute Gasteiger partial charge is 0.306 e. The van der Waals surface area contributed by atoms with Crippen LogP contribution in [0.2, 0.25) is 0 Å². The molecule has 1 unspecified atom stereocenters. The van der Waals surface area contributed by atoms with E-state index in [0.717, 1.165) is 83.5 Å². The second-order valence-corrected chi connectivity index (χ2v) is 22.0. The molecular weight excluding hydrogens is 925 g/mol. The number of hydrogen-bond acceptors (Lipinski definition) is 6. The van der Waals surface area contributed by atoms with Gasteiger partial charge in [-0.15, -0.1) is 0 Å². The summed E-state index contributed by atoms with van der Waals surface area (Å²) in [5.41, 5.74) is 0. The Labute approximate surface area is 466 Å². The van der Waals surface area contributed by atoms with Gasteiger partial charge in [0.25, 0.3) is 0 Å². The van der Waals surface area contributed by atoms with Crippen molar-refractivity contribution in [3.05, 3.63) is 60.8 Å². The van der Waals surface area contributed by atoms with Gasteiger partial charge < -0.3 is 14.2 Å². The molecule has 0 fully saturated rings. The Balaban J connectivity index is 4.17. The predicted molar refractivity (Wildman–Crippen MR) is 325 cm³/mol. The van der Waals surface area contributed by atoms with Gasteiger partial charge in [0.05, 0.1) is 0 Å². The van der Waals surface area contributed by atoms with Crippen LogP contribution in [0.4, 0.5) is 0 Å². The first-order valence-electron chi connectivity index (χ1n) is 32.8. The van der Waals surface area contributed by atoms with Crippen molar-refractivity contribution in [1.82, 2.24) is 0 Å². The predicted octanol–water partition coefficient (Wildman–Crippen LogP) is 22.3. The molecule has 0 aromatic carbocycles. The highest BCUT2D eigenvalue weighted by molar-refractivity contribution is 5.71. The molecule has 0 radical (unpaired) electrons. The number of esters is 3. The largest absolute Gasteiger partial charge is 0.462 e. The molecule has 0 aliphatic carbocycles. The van der Waals surface area contributed by atoms with Crippen molar-refractivity contribution in [2.45, 2.75) is 348 Å². The van der Waals surface area contributed by atoms with E-state index in [1.807, 2.05) is 0 Å². The normalized spacial score (nSPS) is 12.4. The number of allylic oxidation sites excluding steroid dienone is 10. The highest BCUT2D eigenvalue weighted by atomic mass is 16.6. The van der Waals surface area contributed by atoms with E-state index in [0.29, 0.717) is 19.3 Å². The molecule has 0 spiro atoms. The molecule has 0 aromatic heterocycles. The molecule has 0 heterocycles. The van der Waals surface area contributed by atoms with Crippen LogP contribution in [-0.4, -0.2) is 37.2 Å². The minimum Gasteiger partial charge on any atom is -0.462 e. The summed E-state index contributed by atoms with van der Waals surface area (Å²) in [6.45, 7) is 6.59. The van der Waals surface area contributed by atoms with Crippen molar-refractivity contribution in [2.24, 2.45) is 0 Å². The molecule has 436 valence electrons. The highest BCUT2D eigenvalue weighted by Gasteiger charge is 2.19. The Morgan fingerprint density at radius 1 is 0.267 bits per heavy atom. The van der Waals surface area contributed by atoms with E-state index in [-0.39, 0.29) is 31.1 Å². The van der Waals surface area contributed by atoms with E-state index in [4.69, 9.17) is 14.2 Å². The molecule has 0 rings (SSSR count). The molecule has 0 saturated heterocycles. The maximum absolute atomic E-state index is 12.9. The summed E-state index contributed by atoms with van der Waals surface area (Å²) in [7, 11) is 0. The fourth-order valence-corrected chi connectivity index (χ4v) is 9.49. The molecule has 6 nitrogen and oxygen atoms in total. The Morgan fingerprint density at radius 3 is 0.813 bits per heavy atom. The second-order valence-electron chi connectivity index (χ2n) is 22.0. The lowest BCUT2D eigenvalue weighted by atomic mass is 10.0. The molecule has 75 heavy (non-hydrogen) atoms. The van der Waals surface area contributed by atoms with E-state index in [2.05, 4.69) is 81.5 Å². The minimum absolute atomic E-state index is 0.0774. The van der Waals surface area contributed by atoms with Crippen LogP contribution >= 0.6 is 0 Å². The average molecular weight is 1050 g/mol. The van der Waals surface area contributed by atoms with Gasteiger partial charge in [-0.05, 0) is 103 Å². The van der Waals surface area contributed by atoms with Gasteiger partial charge in [-0.2, -0.15) is 0 Å². The number of ether oxygens (including phenoxy) is 3. The van der Waals surface area contributed by atoms with E-state index in [1.165, 1.54) is 218 Å².